The third-order valence-corrected chi connectivity index (χ3v) is 2.42. The average molecular weight is 292 g/mol. The quantitative estimate of drug-likeness (QED) is 0.610. The van der Waals surface area contributed by atoms with Crippen LogP contribution in [-0.4, -0.2) is 15.8 Å². The van der Waals surface area contributed by atoms with E-state index in [0.29, 0.717) is 22.4 Å². The fourth-order valence-electron chi connectivity index (χ4n) is 0.996. The number of aromatic nitrogens is 2. The molecule has 1 aromatic heterocycles. The normalized spacial score (nSPS) is 10.0. The molecule has 0 atom stereocenters. The molecule has 1 aromatic rings. The molecule has 0 saturated carbocycles. The fraction of sp³-hybridized carbons (Fsp3) is 0.375. The molecule has 0 aliphatic carbocycles. The first-order valence-corrected chi connectivity index (χ1v) is 4.90. The summed E-state index contributed by atoms with van der Waals surface area (Å²) in [5.41, 5.74) is -0.0741. The van der Waals surface area contributed by atoms with E-state index in [4.69, 9.17) is 0 Å². The van der Waals surface area contributed by atoms with Gasteiger partial charge in [0.15, 0.2) is 0 Å². The van der Waals surface area contributed by atoms with Crippen molar-refractivity contribution in [1.82, 2.24) is 9.55 Å². The smallest absolute Gasteiger partial charge is 0.266 e. The summed E-state index contributed by atoms with van der Waals surface area (Å²) in [7, 11) is 0. The van der Waals surface area contributed by atoms with Gasteiger partial charge in [0.1, 0.15) is 12.1 Å². The Hall–Kier alpha value is -0.720. The van der Waals surface area contributed by atoms with Gasteiger partial charge >= 0.3 is 0 Å². The van der Waals surface area contributed by atoms with Crippen LogP contribution in [0.5, 0.6) is 0 Å². The van der Waals surface area contributed by atoms with Gasteiger partial charge in [0.25, 0.3) is 5.56 Å². The van der Waals surface area contributed by atoms with Gasteiger partial charge in [-0.15, -0.1) is 0 Å². The maximum Gasteiger partial charge on any atom is 0.266 e. The number of carbonyl (C=O) groups excluding carboxylic acids is 1. The number of rotatable bonds is 3. The van der Waals surface area contributed by atoms with Crippen molar-refractivity contribution in [3.8, 4) is 0 Å². The summed E-state index contributed by atoms with van der Waals surface area (Å²) in [6, 6.07) is 0. The lowest BCUT2D eigenvalue weighted by atomic mass is 10.4. The van der Waals surface area contributed by atoms with Crippen LogP contribution in [0.25, 0.3) is 0 Å². The van der Waals surface area contributed by atoms with Gasteiger partial charge in [-0.3, -0.25) is 9.36 Å². The number of hydrogen-bond acceptors (Lipinski definition) is 3. The van der Waals surface area contributed by atoms with E-state index in [1.807, 2.05) is 22.6 Å². The molecule has 4 nitrogen and oxygen atoms in total. The van der Waals surface area contributed by atoms with Crippen LogP contribution in [0.3, 0.4) is 0 Å². The lowest BCUT2D eigenvalue weighted by Crippen LogP contribution is -2.25. The van der Waals surface area contributed by atoms with Gasteiger partial charge < -0.3 is 4.79 Å². The first-order chi connectivity index (χ1) is 6.16. The molecule has 0 aliphatic heterocycles. The highest BCUT2D eigenvalue weighted by Crippen LogP contribution is 1.97. The highest BCUT2D eigenvalue weighted by Gasteiger charge is 2.03. The number of aldehydes is 1. The minimum atomic E-state index is -0.0741. The van der Waals surface area contributed by atoms with Crippen molar-refractivity contribution in [1.29, 1.82) is 0 Å². The standard InChI is InChI=1S/C8H9IN2O2/c1-6-10-5-7(9)8(13)11(6)3-2-4-12/h4-5H,2-3H2,1H3. The minimum Gasteiger partial charge on any atom is -0.303 e. The zero-order chi connectivity index (χ0) is 9.84. The number of carbonyl (C=O) groups is 1. The van der Waals surface area contributed by atoms with Crippen LogP contribution in [0.1, 0.15) is 12.2 Å². The Balaban J connectivity index is 3.10. The monoisotopic (exact) mass is 292 g/mol. The minimum absolute atomic E-state index is 0.0741. The molecule has 0 N–H and O–H groups in total. The maximum atomic E-state index is 11.5. The molecule has 70 valence electrons. The molecule has 0 aliphatic rings. The van der Waals surface area contributed by atoms with Gasteiger partial charge in [-0.05, 0) is 29.5 Å². The first kappa shape index (κ1) is 10.4. The molecule has 0 unspecified atom stereocenters. The van der Waals surface area contributed by atoms with E-state index in [1.165, 1.54) is 10.8 Å². The SMILES string of the molecule is Cc1ncc(I)c(=O)n1CCC=O. The number of halogens is 1. The number of nitrogens with zero attached hydrogens (tertiary/aromatic N) is 2. The summed E-state index contributed by atoms with van der Waals surface area (Å²) < 4.78 is 2.09. The van der Waals surface area contributed by atoms with Gasteiger partial charge in [-0.25, -0.2) is 4.98 Å². The number of hydrogen-bond donors (Lipinski definition) is 0. The largest absolute Gasteiger partial charge is 0.303 e. The lowest BCUT2D eigenvalue weighted by molar-refractivity contribution is -0.108. The van der Waals surface area contributed by atoms with Crippen molar-refractivity contribution in [2.45, 2.75) is 19.9 Å². The van der Waals surface area contributed by atoms with Gasteiger partial charge in [-0.2, -0.15) is 0 Å². The van der Waals surface area contributed by atoms with Crippen molar-refractivity contribution in [2.75, 3.05) is 0 Å². The molecular formula is C8H9IN2O2. The van der Waals surface area contributed by atoms with E-state index in [9.17, 15) is 9.59 Å². The van der Waals surface area contributed by atoms with E-state index in [2.05, 4.69) is 4.98 Å². The molecule has 1 heterocycles. The van der Waals surface area contributed by atoms with E-state index in [-0.39, 0.29) is 5.56 Å². The van der Waals surface area contributed by atoms with Gasteiger partial charge in [0.2, 0.25) is 0 Å². The van der Waals surface area contributed by atoms with Crippen molar-refractivity contribution in [2.24, 2.45) is 0 Å². The maximum absolute atomic E-state index is 11.5. The molecule has 0 fully saturated rings. The molecule has 5 heteroatoms. The summed E-state index contributed by atoms with van der Waals surface area (Å²) in [6.07, 6.45) is 2.68. The molecule has 13 heavy (non-hydrogen) atoms. The van der Waals surface area contributed by atoms with Crippen LogP contribution >= 0.6 is 22.6 Å². The molecule has 0 radical (unpaired) electrons. The summed E-state index contributed by atoms with van der Waals surface area (Å²) in [4.78, 5) is 25.7. The van der Waals surface area contributed by atoms with E-state index in [0.717, 1.165) is 6.29 Å². The van der Waals surface area contributed by atoms with Crippen molar-refractivity contribution < 1.29 is 4.79 Å². The van der Waals surface area contributed by atoms with E-state index in [1.54, 1.807) is 6.92 Å². The van der Waals surface area contributed by atoms with Crippen molar-refractivity contribution in [3.63, 3.8) is 0 Å². The molecular weight excluding hydrogens is 283 g/mol. The Morgan fingerprint density at radius 2 is 2.38 bits per heavy atom. The van der Waals surface area contributed by atoms with Crippen LogP contribution in [0, 0.1) is 10.5 Å². The van der Waals surface area contributed by atoms with Crippen LogP contribution in [0.2, 0.25) is 0 Å². The Labute approximate surface area is 89.1 Å². The van der Waals surface area contributed by atoms with Gasteiger partial charge in [0.05, 0.1) is 3.57 Å². The molecule has 0 amide bonds. The third-order valence-electron chi connectivity index (χ3n) is 1.68. The summed E-state index contributed by atoms with van der Waals surface area (Å²) >= 11 is 1.93. The second-order valence-corrected chi connectivity index (χ2v) is 3.73. The molecule has 0 saturated heterocycles. The lowest BCUT2D eigenvalue weighted by Gasteiger charge is -2.06. The van der Waals surface area contributed by atoms with Crippen molar-refractivity contribution >= 4 is 28.9 Å². The predicted octanol–water partition coefficient (Wildman–Crippen LogP) is 0.745. The van der Waals surface area contributed by atoms with Crippen LogP contribution in [-0.2, 0) is 11.3 Å². The second kappa shape index (κ2) is 4.50. The fourth-order valence-corrected chi connectivity index (χ4v) is 1.43. The van der Waals surface area contributed by atoms with Crippen molar-refractivity contribution in [3.05, 3.63) is 25.9 Å². The molecule has 0 aromatic carbocycles. The zero-order valence-corrected chi connectivity index (χ0v) is 9.32. The average Bonchev–Trinajstić information content (AvgIpc) is 2.12. The van der Waals surface area contributed by atoms with Gasteiger partial charge in [0, 0.05) is 19.2 Å². The third kappa shape index (κ3) is 2.36. The molecule has 0 spiro atoms. The Bertz CT molecular complexity index is 373. The topological polar surface area (TPSA) is 52.0 Å². The summed E-state index contributed by atoms with van der Waals surface area (Å²) in [5, 5.41) is 0. The highest BCUT2D eigenvalue weighted by molar-refractivity contribution is 14.1. The first-order valence-electron chi connectivity index (χ1n) is 3.82. The Morgan fingerprint density at radius 1 is 1.69 bits per heavy atom. The molecule has 0 bridgehead atoms. The Morgan fingerprint density at radius 3 is 3.00 bits per heavy atom. The highest BCUT2D eigenvalue weighted by atomic mass is 127. The Kier molecular flexibility index (Phi) is 3.58. The van der Waals surface area contributed by atoms with E-state index < -0.39 is 0 Å². The van der Waals surface area contributed by atoms with Crippen LogP contribution < -0.4 is 5.56 Å². The van der Waals surface area contributed by atoms with Crippen LogP contribution in [0.15, 0.2) is 11.0 Å². The van der Waals surface area contributed by atoms with Gasteiger partial charge in [-0.1, -0.05) is 0 Å². The van der Waals surface area contributed by atoms with Crippen LogP contribution in [0.4, 0.5) is 0 Å². The zero-order valence-electron chi connectivity index (χ0n) is 7.16. The molecule has 1 rings (SSSR count). The van der Waals surface area contributed by atoms with E-state index >= 15 is 0 Å². The summed E-state index contributed by atoms with van der Waals surface area (Å²) in [6.45, 7) is 2.17. The predicted molar refractivity (Wildman–Crippen MR) is 56.6 cm³/mol. The second-order valence-electron chi connectivity index (χ2n) is 2.57. The summed E-state index contributed by atoms with van der Waals surface area (Å²) in [5.74, 6) is 0.646. The number of aryl methyl sites for hydroxylation is 1.